The van der Waals surface area contributed by atoms with E-state index in [-0.39, 0.29) is 5.68 Å². The van der Waals surface area contributed by atoms with Gasteiger partial charge in [0.05, 0.1) is 0 Å². The van der Waals surface area contributed by atoms with Gasteiger partial charge >= 0.3 is 5.68 Å². The fraction of sp³-hybridized carbons (Fsp3) is 1.00. The van der Waals surface area contributed by atoms with Crippen LogP contribution in [-0.4, -0.2) is 23.6 Å². The smallest absolute Gasteiger partial charge is 0.315 e. The molecule has 0 aliphatic carbocycles. The molecule has 0 aliphatic heterocycles. The van der Waals surface area contributed by atoms with Gasteiger partial charge in [0.25, 0.3) is 0 Å². The van der Waals surface area contributed by atoms with Crippen molar-refractivity contribution < 1.29 is 0 Å². The van der Waals surface area contributed by atoms with Crippen molar-refractivity contribution in [3.05, 3.63) is 0 Å². The second-order valence-electron chi connectivity index (χ2n) is 1.50. The molecule has 0 spiro atoms. The third-order valence-electron chi connectivity index (χ3n) is 1.09. The lowest BCUT2D eigenvalue weighted by Gasteiger charge is -2.15. The summed E-state index contributed by atoms with van der Waals surface area (Å²) in [4.78, 5) is 1.95. The minimum atomic E-state index is -0.343. The molecule has 0 bridgehead atoms. The Morgan fingerprint density at radius 3 is 1.62 bits per heavy atom. The summed E-state index contributed by atoms with van der Waals surface area (Å²) in [5.74, 6) is 0. The normalized spacial score (nSPS) is 10.1. The summed E-state index contributed by atoms with van der Waals surface area (Å²) in [6.07, 6.45) is 0. The number of halogens is 2. The number of hydrogen-bond donors (Lipinski definition) is 0. The second-order valence-corrected chi connectivity index (χ2v) is 2.55. The van der Waals surface area contributed by atoms with Gasteiger partial charge in [0.2, 0.25) is 0 Å². The molecule has 0 aliphatic rings. The van der Waals surface area contributed by atoms with Crippen LogP contribution in [0.25, 0.3) is 0 Å². The number of hydrogen-bond acceptors (Lipinski definition) is 1. The highest BCUT2D eigenvalue weighted by Gasteiger charge is 2.12. The molecule has 0 aromatic carbocycles. The monoisotopic (exact) mass is 153 g/mol. The topological polar surface area (TPSA) is 3.24 Å². The zero-order valence-electron chi connectivity index (χ0n) is 5.19. The van der Waals surface area contributed by atoms with Gasteiger partial charge in [0, 0.05) is 0 Å². The molecule has 0 radical (unpaired) electrons. The van der Waals surface area contributed by atoms with E-state index >= 15 is 0 Å². The van der Waals surface area contributed by atoms with E-state index in [4.69, 9.17) is 22.9 Å². The molecule has 0 saturated heterocycles. The maximum absolute atomic E-state index is 5.54. The van der Waals surface area contributed by atoms with Crippen LogP contribution in [0.1, 0.15) is 13.8 Å². The first kappa shape index (κ1) is 8.60. The molecule has 0 amide bonds. The third-order valence-corrected chi connectivity index (χ3v) is 1.64. The van der Waals surface area contributed by atoms with E-state index in [0.717, 1.165) is 13.1 Å². The minimum absolute atomic E-state index is 0.343. The highest BCUT2D eigenvalue weighted by Crippen LogP contribution is 2.01. The second kappa shape index (κ2) is 4.48. The van der Waals surface area contributed by atoms with Crippen LogP contribution < -0.4 is 0 Å². The van der Waals surface area contributed by atoms with Gasteiger partial charge in [-0.05, 0) is 13.1 Å². The van der Waals surface area contributed by atoms with Gasteiger partial charge in [-0.3, -0.25) is 0 Å². The van der Waals surface area contributed by atoms with Crippen LogP contribution >= 0.6 is 22.9 Å². The highest BCUT2D eigenvalue weighted by molar-refractivity contribution is 7.32. The molecular weight excluding hydrogens is 144 g/mol. The molecule has 0 rings (SSSR count). The predicted octanol–water partition coefficient (Wildman–Crippen LogP) is 1.79. The maximum Gasteiger partial charge on any atom is 0.434 e. The molecule has 0 heterocycles. The maximum atomic E-state index is 5.54. The third kappa shape index (κ3) is 2.80. The first-order valence-electron chi connectivity index (χ1n) is 2.74. The Bertz CT molecular complexity index is 56.0. The van der Waals surface area contributed by atoms with Crippen molar-refractivity contribution in [2.45, 2.75) is 13.8 Å². The van der Waals surface area contributed by atoms with Crippen LogP contribution in [0.2, 0.25) is 0 Å². The molecule has 0 fully saturated rings. The summed E-state index contributed by atoms with van der Waals surface area (Å²) in [5, 5.41) is 0. The largest absolute Gasteiger partial charge is 0.434 e. The van der Waals surface area contributed by atoms with E-state index in [1.807, 2.05) is 18.7 Å². The number of nitrogens with zero attached hydrogens (tertiary/aromatic N) is 1. The zero-order valence-corrected chi connectivity index (χ0v) is 6.71. The average Bonchev–Trinajstić information content (AvgIpc) is 1.69. The molecule has 0 unspecified atom stereocenters. The molecular formula is C4H10BCl2N. The van der Waals surface area contributed by atoms with Gasteiger partial charge in [0.1, 0.15) is 0 Å². The van der Waals surface area contributed by atoms with Gasteiger partial charge in [0.15, 0.2) is 0 Å². The quantitative estimate of drug-likeness (QED) is 0.560. The van der Waals surface area contributed by atoms with E-state index in [2.05, 4.69) is 0 Å². The van der Waals surface area contributed by atoms with Crippen LogP contribution in [0.3, 0.4) is 0 Å². The zero-order chi connectivity index (χ0) is 6.57. The summed E-state index contributed by atoms with van der Waals surface area (Å²) in [6, 6.07) is 0. The van der Waals surface area contributed by atoms with Crippen LogP contribution in [-0.2, 0) is 0 Å². The van der Waals surface area contributed by atoms with Crippen molar-refractivity contribution in [1.82, 2.24) is 4.81 Å². The van der Waals surface area contributed by atoms with Crippen molar-refractivity contribution in [2.75, 3.05) is 13.1 Å². The lowest BCUT2D eigenvalue weighted by molar-refractivity contribution is 0.497. The Morgan fingerprint density at radius 1 is 1.25 bits per heavy atom. The van der Waals surface area contributed by atoms with E-state index in [1.54, 1.807) is 0 Å². The lowest BCUT2D eigenvalue weighted by Crippen LogP contribution is -2.30. The predicted molar refractivity (Wildman–Crippen MR) is 40.4 cm³/mol. The Kier molecular flexibility index (Phi) is 4.82. The highest BCUT2D eigenvalue weighted by atomic mass is 35.5. The van der Waals surface area contributed by atoms with Crippen molar-refractivity contribution in [3.8, 4) is 0 Å². The summed E-state index contributed by atoms with van der Waals surface area (Å²) >= 11 is 11.1. The Labute approximate surface area is 60.9 Å². The molecule has 0 atom stereocenters. The molecule has 48 valence electrons. The summed E-state index contributed by atoms with van der Waals surface area (Å²) in [5.41, 5.74) is -0.343. The van der Waals surface area contributed by atoms with Gasteiger partial charge < -0.3 is 4.81 Å². The van der Waals surface area contributed by atoms with E-state index in [9.17, 15) is 0 Å². The SMILES string of the molecule is CCN(CC)B(Cl)Cl. The van der Waals surface area contributed by atoms with Crippen LogP contribution in [0.15, 0.2) is 0 Å². The van der Waals surface area contributed by atoms with Crippen molar-refractivity contribution in [3.63, 3.8) is 0 Å². The summed E-state index contributed by atoms with van der Waals surface area (Å²) in [6.45, 7) is 5.88. The Morgan fingerprint density at radius 2 is 1.62 bits per heavy atom. The molecule has 0 aromatic rings. The van der Waals surface area contributed by atoms with Gasteiger partial charge in [-0.1, -0.05) is 13.8 Å². The lowest BCUT2D eigenvalue weighted by atomic mass is 10.3. The van der Waals surface area contributed by atoms with Crippen molar-refractivity contribution in [1.29, 1.82) is 0 Å². The average molecular weight is 154 g/mol. The summed E-state index contributed by atoms with van der Waals surface area (Å²) in [7, 11) is 0. The van der Waals surface area contributed by atoms with Crippen LogP contribution in [0, 0.1) is 0 Å². The van der Waals surface area contributed by atoms with E-state index < -0.39 is 0 Å². The standard InChI is InChI=1S/C4H10BCl2N/c1-3-8(4-2)5(6)7/h3-4H2,1-2H3. The van der Waals surface area contributed by atoms with Gasteiger partial charge in [-0.2, -0.15) is 0 Å². The molecule has 8 heavy (non-hydrogen) atoms. The molecule has 0 N–H and O–H groups in total. The molecule has 4 heteroatoms. The number of rotatable bonds is 3. The summed E-state index contributed by atoms with van der Waals surface area (Å²) < 4.78 is 0. The van der Waals surface area contributed by atoms with Crippen LogP contribution in [0.5, 0.6) is 0 Å². The molecule has 1 nitrogen and oxygen atoms in total. The van der Waals surface area contributed by atoms with E-state index in [0.29, 0.717) is 0 Å². The molecule has 0 saturated carbocycles. The first-order valence-corrected chi connectivity index (χ1v) is 3.61. The van der Waals surface area contributed by atoms with Crippen molar-refractivity contribution >= 4 is 28.6 Å². The van der Waals surface area contributed by atoms with E-state index in [1.165, 1.54) is 0 Å². The first-order chi connectivity index (χ1) is 3.72. The van der Waals surface area contributed by atoms with Gasteiger partial charge in [-0.25, -0.2) is 0 Å². The minimum Gasteiger partial charge on any atom is -0.315 e. The molecule has 0 aromatic heterocycles. The van der Waals surface area contributed by atoms with Crippen molar-refractivity contribution in [2.24, 2.45) is 0 Å². The fourth-order valence-corrected chi connectivity index (χ4v) is 1.05. The fourth-order valence-electron chi connectivity index (χ4n) is 0.500. The van der Waals surface area contributed by atoms with Gasteiger partial charge in [-0.15, -0.1) is 22.9 Å². The Balaban J connectivity index is 3.35. The Hall–Kier alpha value is 0.605. The van der Waals surface area contributed by atoms with Crippen LogP contribution in [0.4, 0.5) is 0 Å².